The van der Waals surface area contributed by atoms with Crippen LogP contribution in [0.5, 0.6) is 0 Å². The van der Waals surface area contributed by atoms with Gasteiger partial charge in [0.1, 0.15) is 35.1 Å². The molecule has 1 aromatic heterocycles. The number of halogens is 4. The molecular weight excluding hydrogens is 663 g/mol. The van der Waals surface area contributed by atoms with E-state index >= 15 is 0 Å². The maximum atomic E-state index is 14.1. The minimum atomic E-state index is -1.55. The molecule has 1 fully saturated rings. The standard InChI is InChI=1S/C35H31BrF3N3O4/c36-35-34(45-21-25-14-8-3-9-15-25)32(42-18-29(40-41-42)26-16-27(37)31(39)28(38)17-26)33(44-20-24-12-6-2-7-13-24)30(46-35)22-43-19-23-10-4-1-5-11-23/h1-18,30,32-35H,19-22H2/t30-,32+,33+,34-,35?/m1/s1. The molecule has 5 aromatic rings. The minimum Gasteiger partial charge on any atom is -0.374 e. The first-order valence-corrected chi connectivity index (χ1v) is 15.7. The van der Waals surface area contributed by atoms with E-state index in [4.69, 9.17) is 18.9 Å². The van der Waals surface area contributed by atoms with Gasteiger partial charge in [0.2, 0.25) is 0 Å². The first kappa shape index (κ1) is 32.1. The fourth-order valence-corrected chi connectivity index (χ4v) is 6.10. The van der Waals surface area contributed by atoms with Crippen molar-refractivity contribution in [3.05, 3.63) is 143 Å². The van der Waals surface area contributed by atoms with E-state index in [-0.39, 0.29) is 31.1 Å². The van der Waals surface area contributed by atoms with Gasteiger partial charge in [0, 0.05) is 5.56 Å². The van der Waals surface area contributed by atoms with Crippen molar-refractivity contribution < 1.29 is 32.1 Å². The number of nitrogens with zero attached hydrogens (tertiary/aromatic N) is 3. The number of alkyl halides is 1. The molecule has 1 unspecified atom stereocenters. The lowest BCUT2D eigenvalue weighted by atomic mass is 9.96. The van der Waals surface area contributed by atoms with Crippen LogP contribution in [0.15, 0.2) is 109 Å². The van der Waals surface area contributed by atoms with Crippen LogP contribution in [0.1, 0.15) is 22.7 Å². The summed E-state index contributed by atoms with van der Waals surface area (Å²) in [5, 5.41) is 7.93. The Labute approximate surface area is 273 Å². The molecule has 0 radical (unpaired) electrons. The highest BCUT2D eigenvalue weighted by Crippen LogP contribution is 2.38. The largest absolute Gasteiger partial charge is 0.374 e. The number of rotatable bonds is 12. The van der Waals surface area contributed by atoms with Crippen molar-refractivity contribution in [2.24, 2.45) is 0 Å². The van der Waals surface area contributed by atoms with E-state index in [2.05, 4.69) is 26.2 Å². The van der Waals surface area contributed by atoms with Crippen molar-refractivity contribution >= 4 is 15.9 Å². The predicted molar refractivity (Wildman–Crippen MR) is 168 cm³/mol. The molecule has 1 aliphatic rings. The van der Waals surface area contributed by atoms with E-state index in [9.17, 15) is 13.2 Å². The van der Waals surface area contributed by atoms with Crippen molar-refractivity contribution in [3.63, 3.8) is 0 Å². The molecule has 0 bridgehead atoms. The van der Waals surface area contributed by atoms with E-state index in [1.165, 1.54) is 0 Å². The maximum Gasteiger partial charge on any atom is 0.194 e. The summed E-state index contributed by atoms with van der Waals surface area (Å²) in [6.07, 6.45) is -0.349. The molecule has 0 saturated carbocycles. The Morgan fingerprint density at radius 3 is 1.80 bits per heavy atom. The molecule has 5 atom stereocenters. The topological polar surface area (TPSA) is 67.6 Å². The van der Waals surface area contributed by atoms with E-state index in [1.807, 2.05) is 91.0 Å². The Kier molecular flexibility index (Phi) is 10.6. The van der Waals surface area contributed by atoms with Crippen molar-refractivity contribution in [2.75, 3.05) is 6.61 Å². The summed E-state index contributed by atoms with van der Waals surface area (Å²) in [4.78, 5) is 0. The summed E-state index contributed by atoms with van der Waals surface area (Å²) in [6.45, 7) is 1.08. The van der Waals surface area contributed by atoms with Gasteiger partial charge in [-0.15, -0.1) is 5.10 Å². The van der Waals surface area contributed by atoms with Crippen molar-refractivity contribution in [1.82, 2.24) is 15.0 Å². The van der Waals surface area contributed by atoms with Gasteiger partial charge in [-0.2, -0.15) is 0 Å². The highest BCUT2D eigenvalue weighted by Gasteiger charge is 2.48. The van der Waals surface area contributed by atoms with Gasteiger partial charge in [0.15, 0.2) is 17.5 Å². The van der Waals surface area contributed by atoms with Gasteiger partial charge in [-0.25, -0.2) is 17.9 Å². The van der Waals surface area contributed by atoms with Crippen LogP contribution in [0.4, 0.5) is 13.2 Å². The Bertz CT molecular complexity index is 1670. The molecule has 0 amide bonds. The van der Waals surface area contributed by atoms with Crippen molar-refractivity contribution in [1.29, 1.82) is 0 Å². The second-order valence-electron chi connectivity index (χ2n) is 10.9. The average molecular weight is 695 g/mol. The molecule has 1 saturated heterocycles. The third-order valence-corrected chi connectivity index (χ3v) is 8.40. The fraction of sp³-hybridized carbons (Fsp3) is 0.257. The Morgan fingerprint density at radius 1 is 0.717 bits per heavy atom. The molecule has 0 N–H and O–H groups in total. The SMILES string of the molecule is Fc1cc(-c2cn([C@H]3[C@@H](OCc4ccccc4)[C@@H](COCc4ccccc4)OC(Br)[C@@H]3OCc3ccccc3)nn2)cc(F)c1F. The van der Waals surface area contributed by atoms with Crippen LogP contribution in [0.3, 0.4) is 0 Å². The van der Waals surface area contributed by atoms with Crippen LogP contribution in [0.2, 0.25) is 0 Å². The third-order valence-electron chi connectivity index (χ3n) is 7.66. The van der Waals surface area contributed by atoms with Crippen LogP contribution in [-0.4, -0.2) is 44.9 Å². The van der Waals surface area contributed by atoms with Gasteiger partial charge >= 0.3 is 0 Å². The van der Waals surface area contributed by atoms with E-state index in [0.29, 0.717) is 6.61 Å². The molecule has 7 nitrogen and oxygen atoms in total. The van der Waals surface area contributed by atoms with Crippen molar-refractivity contribution in [3.8, 4) is 11.3 Å². The Morgan fingerprint density at radius 2 is 1.24 bits per heavy atom. The second-order valence-corrected chi connectivity index (χ2v) is 11.8. The van der Waals surface area contributed by atoms with Crippen LogP contribution in [-0.2, 0) is 38.8 Å². The first-order valence-electron chi connectivity index (χ1n) is 14.8. The Balaban J connectivity index is 1.33. The zero-order valence-corrected chi connectivity index (χ0v) is 26.2. The van der Waals surface area contributed by atoms with Crippen LogP contribution in [0.25, 0.3) is 11.3 Å². The average Bonchev–Trinajstić information content (AvgIpc) is 3.57. The quantitative estimate of drug-likeness (QED) is 0.100. The normalized spacial score (nSPS) is 21.3. The highest BCUT2D eigenvalue weighted by molar-refractivity contribution is 9.09. The molecule has 1 aliphatic heterocycles. The lowest BCUT2D eigenvalue weighted by molar-refractivity contribution is -0.216. The van der Waals surface area contributed by atoms with Gasteiger partial charge in [-0.3, -0.25) is 0 Å². The van der Waals surface area contributed by atoms with Crippen molar-refractivity contribution in [2.45, 2.75) is 49.2 Å². The number of hydrogen-bond donors (Lipinski definition) is 0. The van der Waals surface area contributed by atoms with Gasteiger partial charge in [-0.05, 0) is 28.8 Å². The zero-order chi connectivity index (χ0) is 31.9. The third kappa shape index (κ3) is 7.73. The molecule has 11 heteroatoms. The number of benzene rings is 4. The molecule has 0 aliphatic carbocycles. The van der Waals surface area contributed by atoms with Gasteiger partial charge < -0.3 is 18.9 Å². The fourth-order valence-electron chi connectivity index (χ4n) is 5.36. The molecule has 4 aromatic carbocycles. The predicted octanol–water partition coefficient (Wildman–Crippen LogP) is 7.41. The number of aromatic nitrogens is 3. The lowest BCUT2D eigenvalue weighted by Crippen LogP contribution is -2.56. The molecular formula is C35H31BrF3N3O4. The zero-order valence-electron chi connectivity index (χ0n) is 24.6. The monoisotopic (exact) mass is 693 g/mol. The van der Waals surface area contributed by atoms with Gasteiger partial charge in [-0.1, -0.05) is 112 Å². The number of hydrogen-bond acceptors (Lipinski definition) is 6. The summed E-state index contributed by atoms with van der Waals surface area (Å²) in [7, 11) is 0. The minimum absolute atomic E-state index is 0.0383. The van der Waals surface area contributed by atoms with Crippen LogP contribution < -0.4 is 0 Å². The van der Waals surface area contributed by atoms with Gasteiger partial charge in [0.25, 0.3) is 0 Å². The summed E-state index contributed by atoms with van der Waals surface area (Å²) < 4.78 is 69.2. The molecule has 0 spiro atoms. The van der Waals surface area contributed by atoms with Gasteiger partial charge in [0.05, 0.1) is 32.6 Å². The maximum absolute atomic E-state index is 14.1. The van der Waals surface area contributed by atoms with E-state index in [0.717, 1.165) is 28.8 Å². The molecule has 2 heterocycles. The molecule has 6 rings (SSSR count). The summed E-state index contributed by atoms with van der Waals surface area (Å²) in [5.74, 6) is -4.19. The second kappa shape index (κ2) is 15.1. The van der Waals surface area contributed by atoms with E-state index in [1.54, 1.807) is 10.9 Å². The highest BCUT2D eigenvalue weighted by atomic mass is 79.9. The Hall–Kier alpha value is -3.87. The summed E-state index contributed by atoms with van der Waals surface area (Å²) in [5.41, 5.74) is 3.10. The first-order chi connectivity index (χ1) is 22.5. The van der Waals surface area contributed by atoms with Crippen LogP contribution in [0, 0.1) is 17.5 Å². The van der Waals surface area contributed by atoms with E-state index < -0.39 is 46.8 Å². The van der Waals surface area contributed by atoms with Crippen LogP contribution >= 0.6 is 15.9 Å². The molecule has 238 valence electrons. The molecule has 46 heavy (non-hydrogen) atoms. The number of ether oxygens (including phenoxy) is 4. The summed E-state index contributed by atoms with van der Waals surface area (Å²) >= 11 is 3.68. The smallest absolute Gasteiger partial charge is 0.194 e. The summed E-state index contributed by atoms with van der Waals surface area (Å²) in [6, 6.07) is 30.3. The lowest BCUT2D eigenvalue weighted by Gasteiger charge is -2.44.